The van der Waals surface area contributed by atoms with Crippen molar-refractivity contribution >= 4 is 46.7 Å². The third-order valence-corrected chi connectivity index (χ3v) is 7.62. The van der Waals surface area contributed by atoms with Crippen LogP contribution in [0.25, 0.3) is 0 Å². The Bertz CT molecular complexity index is 1200. The maximum absolute atomic E-state index is 12.7. The molecule has 1 heterocycles. The number of hydrogen-bond acceptors (Lipinski definition) is 3. The van der Waals surface area contributed by atoms with E-state index in [0.717, 1.165) is 48.6 Å². The Balaban J connectivity index is 1.34. The van der Waals surface area contributed by atoms with Crippen molar-refractivity contribution in [1.29, 1.82) is 0 Å². The van der Waals surface area contributed by atoms with Gasteiger partial charge >= 0.3 is 5.97 Å². The van der Waals surface area contributed by atoms with Crippen LogP contribution in [0.4, 0.5) is 0 Å². The number of carboxylic acids is 1. The molecule has 8 heteroatoms. The quantitative estimate of drug-likeness (QED) is 0.341. The van der Waals surface area contributed by atoms with Crippen LogP contribution in [0.2, 0.25) is 15.1 Å². The lowest BCUT2D eigenvalue weighted by Crippen LogP contribution is -2.42. The Morgan fingerprint density at radius 3 is 2.11 bits per heavy atom. The van der Waals surface area contributed by atoms with Gasteiger partial charge in [0.25, 0.3) is 5.91 Å². The number of nitrogens with zero attached hydrogens (tertiary/aromatic N) is 1. The summed E-state index contributed by atoms with van der Waals surface area (Å²) in [6.07, 6.45) is 2.26. The molecule has 0 aromatic heterocycles. The lowest BCUT2D eigenvalue weighted by atomic mass is 9.88. The van der Waals surface area contributed by atoms with Crippen LogP contribution in [0.3, 0.4) is 0 Å². The zero-order valence-corrected chi connectivity index (χ0v) is 21.9. The van der Waals surface area contributed by atoms with Crippen molar-refractivity contribution in [2.75, 3.05) is 13.1 Å². The lowest BCUT2D eigenvalue weighted by molar-refractivity contribution is -0.139. The number of rotatable bonds is 8. The van der Waals surface area contributed by atoms with E-state index in [-0.39, 0.29) is 22.0 Å². The van der Waals surface area contributed by atoms with Crippen LogP contribution in [0.15, 0.2) is 66.7 Å². The number of nitrogens with one attached hydrogen (secondary N) is 1. The molecule has 1 saturated heterocycles. The molecule has 36 heavy (non-hydrogen) atoms. The predicted molar refractivity (Wildman–Crippen MR) is 144 cm³/mol. The minimum atomic E-state index is -1.12. The monoisotopic (exact) mass is 544 g/mol. The first kappa shape index (κ1) is 26.5. The van der Waals surface area contributed by atoms with E-state index in [1.807, 2.05) is 30.3 Å². The maximum atomic E-state index is 12.7. The van der Waals surface area contributed by atoms with Crippen molar-refractivity contribution in [1.82, 2.24) is 10.2 Å². The highest BCUT2D eigenvalue weighted by atomic mass is 35.5. The number of amides is 1. The highest BCUT2D eigenvalue weighted by molar-refractivity contribution is 6.39. The number of carbonyl (C=O) groups is 2. The number of piperidine rings is 1. The third kappa shape index (κ3) is 6.60. The molecule has 5 nitrogen and oxygen atoms in total. The molecule has 188 valence electrons. The Labute approximate surface area is 226 Å². The molecule has 0 aliphatic carbocycles. The highest BCUT2D eigenvalue weighted by Gasteiger charge is 2.25. The molecule has 1 fully saturated rings. The molecule has 2 N–H and O–H groups in total. The number of halogens is 3. The van der Waals surface area contributed by atoms with Gasteiger partial charge in [0.2, 0.25) is 0 Å². The summed E-state index contributed by atoms with van der Waals surface area (Å²) in [5.41, 5.74) is 3.30. The van der Waals surface area contributed by atoms with Gasteiger partial charge in [-0.25, -0.2) is 4.79 Å². The van der Waals surface area contributed by atoms with E-state index in [4.69, 9.17) is 34.8 Å². The minimum Gasteiger partial charge on any atom is -0.480 e. The van der Waals surface area contributed by atoms with Gasteiger partial charge in [0.05, 0.1) is 15.6 Å². The average Bonchev–Trinajstić information content (AvgIpc) is 2.86. The van der Waals surface area contributed by atoms with Crippen molar-refractivity contribution in [3.63, 3.8) is 0 Å². The molecule has 1 aliphatic heterocycles. The Kier molecular flexibility index (Phi) is 8.91. The van der Waals surface area contributed by atoms with E-state index in [1.54, 1.807) is 6.07 Å². The lowest BCUT2D eigenvalue weighted by Gasteiger charge is -2.32. The van der Waals surface area contributed by atoms with E-state index in [9.17, 15) is 14.7 Å². The molecular formula is C28H27Cl3N2O3. The summed E-state index contributed by atoms with van der Waals surface area (Å²) in [7, 11) is 0. The van der Waals surface area contributed by atoms with Gasteiger partial charge < -0.3 is 10.4 Å². The van der Waals surface area contributed by atoms with Gasteiger partial charge in [-0.05, 0) is 66.7 Å². The van der Waals surface area contributed by atoms with Crippen molar-refractivity contribution in [3.8, 4) is 0 Å². The molecule has 1 atom stereocenters. The first-order chi connectivity index (χ1) is 17.3. The molecule has 0 saturated carbocycles. The van der Waals surface area contributed by atoms with Crippen LogP contribution in [-0.2, 0) is 17.8 Å². The van der Waals surface area contributed by atoms with Crippen LogP contribution in [0.5, 0.6) is 0 Å². The Hall–Kier alpha value is -2.57. The van der Waals surface area contributed by atoms with Gasteiger partial charge in [0.1, 0.15) is 6.04 Å². The summed E-state index contributed by atoms with van der Waals surface area (Å²) in [5.74, 6) is -1.28. The summed E-state index contributed by atoms with van der Waals surface area (Å²) in [6, 6.07) is 19.6. The summed E-state index contributed by atoms with van der Waals surface area (Å²) >= 11 is 18.5. The van der Waals surface area contributed by atoms with E-state index in [1.165, 1.54) is 17.7 Å². The van der Waals surface area contributed by atoms with E-state index < -0.39 is 17.9 Å². The average molecular weight is 546 g/mol. The number of carbonyl (C=O) groups excluding carboxylic acids is 1. The Morgan fingerprint density at radius 1 is 0.889 bits per heavy atom. The largest absolute Gasteiger partial charge is 0.480 e. The van der Waals surface area contributed by atoms with Gasteiger partial charge in [0, 0.05) is 18.0 Å². The summed E-state index contributed by atoms with van der Waals surface area (Å²) in [6.45, 7) is 2.85. The predicted octanol–water partition coefficient (Wildman–Crippen LogP) is 6.45. The molecule has 0 spiro atoms. The van der Waals surface area contributed by atoms with Crippen LogP contribution >= 0.6 is 34.8 Å². The molecule has 1 amide bonds. The SMILES string of the molecule is O=C(N[C@@H](Cc1ccc(C2CCN(Cc3ccccc3Cl)CC2)cc1)C(=O)O)c1c(Cl)cccc1Cl. The topological polar surface area (TPSA) is 69.6 Å². The summed E-state index contributed by atoms with van der Waals surface area (Å²) < 4.78 is 0. The van der Waals surface area contributed by atoms with Gasteiger partial charge in [-0.1, -0.05) is 83.3 Å². The van der Waals surface area contributed by atoms with Crippen molar-refractivity contribution in [3.05, 3.63) is 104 Å². The molecule has 4 rings (SSSR count). The van der Waals surface area contributed by atoms with Crippen LogP contribution < -0.4 is 5.32 Å². The zero-order valence-electron chi connectivity index (χ0n) is 19.6. The van der Waals surface area contributed by atoms with E-state index in [2.05, 4.69) is 28.4 Å². The summed E-state index contributed by atoms with van der Waals surface area (Å²) in [4.78, 5) is 26.9. The fraction of sp³-hybridized carbons (Fsp3) is 0.286. The molecule has 0 unspecified atom stereocenters. The zero-order chi connectivity index (χ0) is 25.7. The van der Waals surface area contributed by atoms with Crippen LogP contribution in [0, 0.1) is 0 Å². The number of carboxylic acid groups (broad SMARTS) is 1. The smallest absolute Gasteiger partial charge is 0.326 e. The maximum Gasteiger partial charge on any atom is 0.326 e. The number of likely N-dealkylation sites (tertiary alicyclic amines) is 1. The first-order valence-corrected chi connectivity index (χ1v) is 13.0. The normalized spacial score (nSPS) is 15.4. The van der Waals surface area contributed by atoms with Crippen molar-refractivity contribution < 1.29 is 14.7 Å². The molecule has 1 aliphatic rings. The van der Waals surface area contributed by atoms with E-state index in [0.29, 0.717) is 5.92 Å². The fourth-order valence-electron chi connectivity index (χ4n) is 4.60. The second-order valence-electron chi connectivity index (χ2n) is 9.05. The first-order valence-electron chi connectivity index (χ1n) is 11.8. The van der Waals surface area contributed by atoms with Crippen LogP contribution in [0.1, 0.15) is 45.8 Å². The molecular weight excluding hydrogens is 519 g/mol. The van der Waals surface area contributed by atoms with Crippen molar-refractivity contribution in [2.45, 2.75) is 37.8 Å². The van der Waals surface area contributed by atoms with E-state index >= 15 is 0 Å². The summed E-state index contributed by atoms with van der Waals surface area (Å²) in [5, 5.41) is 13.4. The van der Waals surface area contributed by atoms with Crippen molar-refractivity contribution in [2.24, 2.45) is 0 Å². The second kappa shape index (κ2) is 12.1. The third-order valence-electron chi connectivity index (χ3n) is 6.62. The molecule has 3 aromatic carbocycles. The molecule has 0 radical (unpaired) electrons. The van der Waals surface area contributed by atoms with Gasteiger partial charge in [-0.15, -0.1) is 0 Å². The van der Waals surface area contributed by atoms with Gasteiger partial charge in [-0.2, -0.15) is 0 Å². The second-order valence-corrected chi connectivity index (χ2v) is 10.3. The highest BCUT2D eigenvalue weighted by Crippen LogP contribution is 2.30. The molecule has 3 aromatic rings. The number of hydrogen-bond donors (Lipinski definition) is 2. The number of aliphatic carboxylic acids is 1. The van der Waals surface area contributed by atoms with Gasteiger partial charge in [0.15, 0.2) is 0 Å². The fourth-order valence-corrected chi connectivity index (χ4v) is 5.36. The minimum absolute atomic E-state index is 0.0725. The standard InChI is InChI=1S/C28H27Cl3N2O3/c29-22-5-2-1-4-21(22)17-33-14-12-20(13-15-33)19-10-8-18(9-11-19)16-25(28(35)36)32-27(34)26-23(30)6-3-7-24(26)31/h1-11,20,25H,12-17H2,(H,32,34)(H,35,36)/t25-/m0/s1. The van der Waals surface area contributed by atoms with Crippen LogP contribution in [-0.4, -0.2) is 41.0 Å². The van der Waals surface area contributed by atoms with Gasteiger partial charge in [-0.3, -0.25) is 9.69 Å². The Morgan fingerprint density at radius 2 is 1.50 bits per heavy atom. The molecule has 0 bridgehead atoms. The number of benzene rings is 3.